The van der Waals surface area contributed by atoms with Gasteiger partial charge in [-0.25, -0.2) is 4.39 Å². The molecule has 0 spiro atoms. The number of nitrogens with zero attached hydrogens (tertiary/aromatic N) is 3. The first-order valence-corrected chi connectivity index (χ1v) is 9.50. The lowest BCUT2D eigenvalue weighted by molar-refractivity contribution is 0.599. The second-order valence-electron chi connectivity index (χ2n) is 7.14. The fourth-order valence-corrected chi connectivity index (χ4v) is 3.87. The highest BCUT2D eigenvalue weighted by atomic mass is 35.5. The summed E-state index contributed by atoms with van der Waals surface area (Å²) in [5.74, 6) is -0.283. The number of hydrogen-bond acceptors (Lipinski definition) is 2. The quantitative estimate of drug-likeness (QED) is 0.664. The molecular weight excluding hydrogens is 361 g/mol. The molecule has 0 saturated carbocycles. The lowest BCUT2D eigenvalue weighted by atomic mass is 9.80. The van der Waals surface area contributed by atoms with Gasteiger partial charge < -0.3 is 4.57 Å². The second kappa shape index (κ2) is 7.28. The summed E-state index contributed by atoms with van der Waals surface area (Å²) in [6.07, 6.45) is 12.0. The lowest BCUT2D eigenvalue weighted by Crippen LogP contribution is -2.29. The van der Waals surface area contributed by atoms with Gasteiger partial charge in [0.2, 0.25) is 0 Å². The highest BCUT2D eigenvalue weighted by Gasteiger charge is 2.31. The van der Waals surface area contributed by atoms with E-state index in [1.807, 2.05) is 35.3 Å². The smallest absolute Gasteiger partial charge is 0.129 e. The molecule has 1 unspecified atom stereocenters. The van der Waals surface area contributed by atoms with Gasteiger partial charge in [0.1, 0.15) is 5.82 Å². The summed E-state index contributed by atoms with van der Waals surface area (Å²) in [5, 5.41) is 0.446. The Hall–Kier alpha value is -2.46. The number of hydrogen-bond donors (Lipinski definition) is 0. The molecule has 1 aromatic heterocycles. The standard InChI is InChI=1S/C22H21ClFN3/c1-22(9-11-25-15-22)21-16(5-3-10-26-21)13-17-6-4-12-27(17)14-18-19(23)7-2-8-20(18)24/h2,4,6-9,11-13,15H,3,5,10,14H2,1H3/b16-13+. The predicted octanol–water partition coefficient (Wildman–Crippen LogP) is 5.55. The maximum Gasteiger partial charge on any atom is 0.129 e. The van der Waals surface area contributed by atoms with E-state index in [1.54, 1.807) is 12.1 Å². The number of aromatic nitrogens is 1. The van der Waals surface area contributed by atoms with E-state index in [-0.39, 0.29) is 11.2 Å². The summed E-state index contributed by atoms with van der Waals surface area (Å²) in [7, 11) is 0. The molecule has 0 aliphatic carbocycles. The highest BCUT2D eigenvalue weighted by molar-refractivity contribution is 6.31. The van der Waals surface area contributed by atoms with Crippen LogP contribution in [-0.4, -0.2) is 23.0 Å². The van der Waals surface area contributed by atoms with E-state index >= 15 is 0 Å². The maximum atomic E-state index is 14.2. The van der Waals surface area contributed by atoms with Crippen molar-refractivity contribution in [1.29, 1.82) is 0 Å². The Balaban J connectivity index is 1.68. The van der Waals surface area contributed by atoms with E-state index in [4.69, 9.17) is 16.6 Å². The molecule has 0 radical (unpaired) electrons. The first kappa shape index (κ1) is 17.9. The highest BCUT2D eigenvalue weighted by Crippen LogP contribution is 2.32. The first-order valence-electron chi connectivity index (χ1n) is 9.13. The topological polar surface area (TPSA) is 29.6 Å². The van der Waals surface area contributed by atoms with Crippen LogP contribution in [0.15, 0.2) is 64.4 Å². The molecular formula is C22H21ClFN3. The van der Waals surface area contributed by atoms with Crippen LogP contribution in [0.3, 0.4) is 0 Å². The molecule has 5 heteroatoms. The van der Waals surface area contributed by atoms with E-state index in [0.717, 1.165) is 30.8 Å². The molecule has 0 N–H and O–H groups in total. The SMILES string of the molecule is CC1(C2=NCCC/C2=C\c2cccn2Cc2c(F)cccc2Cl)C=CN=C1. The lowest BCUT2D eigenvalue weighted by Gasteiger charge is -2.27. The third kappa shape index (κ3) is 3.54. The van der Waals surface area contributed by atoms with Crippen molar-refractivity contribution < 1.29 is 4.39 Å². The van der Waals surface area contributed by atoms with E-state index in [9.17, 15) is 4.39 Å². The zero-order valence-corrected chi connectivity index (χ0v) is 16.0. The third-order valence-electron chi connectivity index (χ3n) is 5.11. The number of aliphatic imine (C=N–C) groups is 2. The van der Waals surface area contributed by atoms with Crippen LogP contribution in [0.5, 0.6) is 0 Å². The average Bonchev–Trinajstić information content (AvgIpc) is 3.29. The van der Waals surface area contributed by atoms with E-state index in [1.165, 1.54) is 11.6 Å². The van der Waals surface area contributed by atoms with E-state index < -0.39 is 0 Å². The minimum atomic E-state index is -0.283. The number of allylic oxidation sites excluding steroid dienone is 2. The molecule has 2 aliphatic heterocycles. The Morgan fingerprint density at radius 3 is 2.96 bits per heavy atom. The van der Waals surface area contributed by atoms with Gasteiger partial charge >= 0.3 is 0 Å². The van der Waals surface area contributed by atoms with Crippen molar-refractivity contribution in [3.63, 3.8) is 0 Å². The van der Waals surface area contributed by atoms with Crippen molar-refractivity contribution in [2.24, 2.45) is 15.4 Å². The second-order valence-corrected chi connectivity index (χ2v) is 7.55. The van der Waals surface area contributed by atoms with Crippen LogP contribution in [0.2, 0.25) is 5.02 Å². The Kier molecular flexibility index (Phi) is 4.83. The minimum Gasteiger partial charge on any atom is -0.343 e. The fourth-order valence-electron chi connectivity index (χ4n) is 3.65. The summed E-state index contributed by atoms with van der Waals surface area (Å²) in [4.78, 5) is 9.06. The molecule has 2 aromatic rings. The van der Waals surface area contributed by atoms with Gasteiger partial charge in [-0.1, -0.05) is 17.7 Å². The van der Waals surface area contributed by atoms with Crippen LogP contribution in [0.25, 0.3) is 6.08 Å². The van der Waals surface area contributed by atoms with Crippen molar-refractivity contribution >= 4 is 29.6 Å². The van der Waals surface area contributed by atoms with Crippen molar-refractivity contribution in [3.8, 4) is 0 Å². The van der Waals surface area contributed by atoms with Gasteiger partial charge in [-0.15, -0.1) is 0 Å². The molecule has 0 fully saturated rings. The van der Waals surface area contributed by atoms with Crippen LogP contribution in [0.1, 0.15) is 31.0 Å². The first-order chi connectivity index (χ1) is 13.1. The Labute approximate surface area is 163 Å². The van der Waals surface area contributed by atoms with E-state index in [0.29, 0.717) is 17.1 Å². The van der Waals surface area contributed by atoms with Gasteiger partial charge in [-0.05, 0) is 61.8 Å². The van der Waals surface area contributed by atoms with Crippen molar-refractivity contribution in [1.82, 2.24) is 4.57 Å². The minimum absolute atomic E-state index is 0.251. The maximum absolute atomic E-state index is 14.2. The van der Waals surface area contributed by atoms with Gasteiger partial charge in [0.25, 0.3) is 0 Å². The van der Waals surface area contributed by atoms with E-state index in [2.05, 4.69) is 24.1 Å². The molecule has 27 heavy (non-hydrogen) atoms. The largest absolute Gasteiger partial charge is 0.343 e. The van der Waals surface area contributed by atoms with Gasteiger partial charge in [0.05, 0.1) is 17.7 Å². The zero-order chi connectivity index (χ0) is 18.9. The molecule has 1 aromatic carbocycles. The molecule has 2 aliphatic rings. The number of rotatable bonds is 4. The van der Waals surface area contributed by atoms with Crippen LogP contribution in [0.4, 0.5) is 4.39 Å². The average molecular weight is 382 g/mol. The molecule has 0 amide bonds. The molecule has 0 bridgehead atoms. The normalized spacial score (nSPS) is 23.2. The van der Waals surface area contributed by atoms with Gasteiger partial charge in [-0.2, -0.15) is 0 Å². The van der Waals surface area contributed by atoms with Gasteiger partial charge in [0, 0.05) is 41.4 Å². The summed E-state index contributed by atoms with van der Waals surface area (Å²) in [5.41, 5.74) is 3.55. The number of halogens is 2. The van der Waals surface area contributed by atoms with Crippen LogP contribution >= 0.6 is 11.6 Å². The Bertz CT molecular complexity index is 949. The third-order valence-corrected chi connectivity index (χ3v) is 5.47. The predicted molar refractivity (Wildman–Crippen MR) is 110 cm³/mol. The number of benzene rings is 1. The van der Waals surface area contributed by atoms with Crippen LogP contribution < -0.4 is 0 Å². The fraction of sp³-hybridized carbons (Fsp3) is 0.273. The van der Waals surface area contributed by atoms with Crippen molar-refractivity contribution in [2.75, 3.05) is 6.54 Å². The van der Waals surface area contributed by atoms with Gasteiger partial charge in [-0.3, -0.25) is 9.98 Å². The molecule has 1 atom stereocenters. The summed E-state index contributed by atoms with van der Waals surface area (Å²) in [6, 6.07) is 8.80. The monoisotopic (exact) mass is 381 g/mol. The summed E-state index contributed by atoms with van der Waals surface area (Å²) in [6.45, 7) is 3.37. The summed E-state index contributed by atoms with van der Waals surface area (Å²) < 4.78 is 16.2. The molecule has 4 rings (SSSR count). The van der Waals surface area contributed by atoms with Crippen LogP contribution in [0, 0.1) is 11.2 Å². The molecule has 3 heterocycles. The van der Waals surface area contributed by atoms with Crippen molar-refractivity contribution in [3.05, 3.63) is 76.5 Å². The molecule has 138 valence electrons. The Morgan fingerprint density at radius 1 is 1.30 bits per heavy atom. The molecule has 3 nitrogen and oxygen atoms in total. The Morgan fingerprint density at radius 2 is 2.19 bits per heavy atom. The van der Waals surface area contributed by atoms with Crippen molar-refractivity contribution in [2.45, 2.75) is 26.3 Å². The molecule has 0 saturated heterocycles. The summed E-state index contributed by atoms with van der Waals surface area (Å²) >= 11 is 6.21. The zero-order valence-electron chi connectivity index (χ0n) is 15.2. The van der Waals surface area contributed by atoms with Gasteiger partial charge in [0.15, 0.2) is 0 Å². The van der Waals surface area contributed by atoms with Crippen LogP contribution in [-0.2, 0) is 6.54 Å².